The first-order valence-corrected chi connectivity index (χ1v) is 8.04. The minimum absolute atomic E-state index is 0.196. The Bertz CT molecular complexity index is 818. The Hall–Kier alpha value is -1.88. The third-order valence-corrected chi connectivity index (χ3v) is 4.29. The number of thiazole rings is 1. The van der Waals surface area contributed by atoms with Gasteiger partial charge in [0.2, 0.25) is 0 Å². The maximum absolute atomic E-state index is 12.1. The van der Waals surface area contributed by atoms with E-state index in [4.69, 9.17) is 23.2 Å². The molecule has 0 aliphatic carbocycles. The van der Waals surface area contributed by atoms with Crippen LogP contribution in [-0.4, -0.2) is 10.9 Å². The highest BCUT2D eigenvalue weighted by atomic mass is 35.5. The van der Waals surface area contributed by atoms with Gasteiger partial charge in [0.1, 0.15) is 0 Å². The number of nitrogens with one attached hydrogen (secondary N) is 1. The van der Waals surface area contributed by atoms with Crippen LogP contribution in [0.1, 0.15) is 10.4 Å². The van der Waals surface area contributed by atoms with E-state index in [9.17, 15) is 4.79 Å². The second-order valence-electron chi connectivity index (χ2n) is 4.48. The topological polar surface area (TPSA) is 42.0 Å². The summed E-state index contributed by atoms with van der Waals surface area (Å²) < 4.78 is 0. The molecule has 110 valence electrons. The molecule has 3 aromatic rings. The predicted molar refractivity (Wildman–Crippen MR) is 92.0 cm³/mol. The molecule has 0 aliphatic heterocycles. The van der Waals surface area contributed by atoms with E-state index < -0.39 is 0 Å². The van der Waals surface area contributed by atoms with Gasteiger partial charge in [0.25, 0.3) is 5.91 Å². The molecule has 6 heteroatoms. The van der Waals surface area contributed by atoms with Crippen molar-refractivity contribution in [3.05, 3.63) is 69.5 Å². The first kappa shape index (κ1) is 15.0. The summed E-state index contributed by atoms with van der Waals surface area (Å²) in [6.45, 7) is 0. The highest BCUT2D eigenvalue weighted by molar-refractivity contribution is 7.14. The van der Waals surface area contributed by atoms with Gasteiger partial charge in [-0.15, -0.1) is 11.3 Å². The lowest BCUT2D eigenvalue weighted by molar-refractivity contribution is 0.102. The summed E-state index contributed by atoms with van der Waals surface area (Å²) in [5.74, 6) is -0.196. The van der Waals surface area contributed by atoms with Crippen LogP contribution in [0.2, 0.25) is 10.0 Å². The summed E-state index contributed by atoms with van der Waals surface area (Å²) in [6.07, 6.45) is 0. The van der Waals surface area contributed by atoms with Crippen LogP contribution in [0.4, 0.5) is 5.13 Å². The van der Waals surface area contributed by atoms with Crippen molar-refractivity contribution in [2.75, 3.05) is 5.32 Å². The molecule has 0 unspecified atom stereocenters. The Morgan fingerprint density at radius 2 is 1.86 bits per heavy atom. The van der Waals surface area contributed by atoms with Gasteiger partial charge in [-0.2, -0.15) is 0 Å². The third-order valence-electron chi connectivity index (χ3n) is 2.96. The fraction of sp³-hybridized carbons (Fsp3) is 0. The highest BCUT2D eigenvalue weighted by Crippen LogP contribution is 2.32. The predicted octanol–water partition coefficient (Wildman–Crippen LogP) is 5.37. The number of nitrogens with zero attached hydrogens (tertiary/aromatic N) is 1. The van der Waals surface area contributed by atoms with E-state index in [2.05, 4.69) is 10.3 Å². The average Bonchev–Trinajstić information content (AvgIpc) is 2.99. The molecule has 0 saturated carbocycles. The van der Waals surface area contributed by atoms with Crippen LogP contribution >= 0.6 is 34.5 Å². The van der Waals surface area contributed by atoms with Crippen LogP contribution in [0.25, 0.3) is 11.3 Å². The van der Waals surface area contributed by atoms with E-state index in [1.165, 1.54) is 11.3 Å². The molecule has 0 atom stereocenters. The van der Waals surface area contributed by atoms with Gasteiger partial charge in [0.15, 0.2) is 5.13 Å². The number of halogens is 2. The molecular weight excluding hydrogens is 339 g/mol. The minimum Gasteiger partial charge on any atom is -0.298 e. The van der Waals surface area contributed by atoms with E-state index in [0.29, 0.717) is 26.4 Å². The van der Waals surface area contributed by atoms with Gasteiger partial charge in [-0.1, -0.05) is 41.4 Å². The molecule has 0 spiro atoms. The number of anilines is 1. The maximum atomic E-state index is 12.1. The SMILES string of the molecule is O=C(Nc1nc(-c2cc(Cl)ccc2Cl)cs1)c1ccccc1. The largest absolute Gasteiger partial charge is 0.298 e. The molecule has 0 bridgehead atoms. The van der Waals surface area contributed by atoms with Crippen molar-refractivity contribution in [2.45, 2.75) is 0 Å². The molecule has 1 N–H and O–H groups in total. The van der Waals surface area contributed by atoms with Crippen LogP contribution in [0, 0.1) is 0 Å². The van der Waals surface area contributed by atoms with E-state index in [-0.39, 0.29) is 5.91 Å². The monoisotopic (exact) mass is 348 g/mol. The van der Waals surface area contributed by atoms with Crippen LogP contribution < -0.4 is 5.32 Å². The normalized spacial score (nSPS) is 10.5. The zero-order chi connectivity index (χ0) is 15.5. The van der Waals surface area contributed by atoms with Gasteiger partial charge >= 0.3 is 0 Å². The number of aromatic nitrogens is 1. The highest BCUT2D eigenvalue weighted by Gasteiger charge is 2.11. The summed E-state index contributed by atoms with van der Waals surface area (Å²) in [4.78, 5) is 16.5. The number of carbonyl (C=O) groups is 1. The van der Waals surface area contributed by atoms with Crippen molar-refractivity contribution in [3.63, 3.8) is 0 Å². The zero-order valence-electron chi connectivity index (χ0n) is 11.2. The van der Waals surface area contributed by atoms with Crippen LogP contribution in [0.3, 0.4) is 0 Å². The van der Waals surface area contributed by atoms with Crippen LogP contribution in [0.5, 0.6) is 0 Å². The fourth-order valence-electron chi connectivity index (χ4n) is 1.91. The number of hydrogen-bond acceptors (Lipinski definition) is 3. The zero-order valence-corrected chi connectivity index (χ0v) is 13.5. The summed E-state index contributed by atoms with van der Waals surface area (Å²) in [7, 11) is 0. The lowest BCUT2D eigenvalue weighted by atomic mass is 10.2. The molecule has 1 heterocycles. The Morgan fingerprint density at radius 3 is 2.64 bits per heavy atom. The lowest BCUT2D eigenvalue weighted by Gasteiger charge is -2.02. The smallest absolute Gasteiger partial charge is 0.257 e. The van der Waals surface area contributed by atoms with Crippen molar-refractivity contribution in [2.24, 2.45) is 0 Å². The molecule has 0 radical (unpaired) electrons. The van der Waals surface area contributed by atoms with Gasteiger partial charge < -0.3 is 0 Å². The van der Waals surface area contributed by atoms with E-state index >= 15 is 0 Å². The summed E-state index contributed by atoms with van der Waals surface area (Å²) in [6, 6.07) is 14.2. The summed E-state index contributed by atoms with van der Waals surface area (Å²) in [5.41, 5.74) is 2.01. The Labute approximate surface area is 141 Å². The van der Waals surface area contributed by atoms with Gasteiger partial charge in [0, 0.05) is 21.5 Å². The van der Waals surface area contributed by atoms with Crippen molar-refractivity contribution >= 4 is 45.6 Å². The van der Waals surface area contributed by atoms with E-state index in [0.717, 1.165) is 5.56 Å². The van der Waals surface area contributed by atoms with Gasteiger partial charge in [-0.05, 0) is 30.3 Å². The quantitative estimate of drug-likeness (QED) is 0.691. The van der Waals surface area contributed by atoms with Crippen molar-refractivity contribution in [1.82, 2.24) is 4.98 Å². The number of carbonyl (C=O) groups excluding carboxylic acids is 1. The molecule has 0 saturated heterocycles. The molecule has 0 aliphatic rings. The first-order chi connectivity index (χ1) is 10.6. The number of amides is 1. The fourth-order valence-corrected chi connectivity index (χ4v) is 3.00. The molecule has 1 amide bonds. The lowest BCUT2D eigenvalue weighted by Crippen LogP contribution is -2.11. The second-order valence-corrected chi connectivity index (χ2v) is 6.18. The van der Waals surface area contributed by atoms with Crippen molar-refractivity contribution in [3.8, 4) is 11.3 Å². The maximum Gasteiger partial charge on any atom is 0.257 e. The average molecular weight is 349 g/mol. The second kappa shape index (κ2) is 6.48. The van der Waals surface area contributed by atoms with Gasteiger partial charge in [0.05, 0.1) is 10.7 Å². The molecule has 2 aromatic carbocycles. The Morgan fingerprint density at radius 1 is 1.09 bits per heavy atom. The Balaban J connectivity index is 1.82. The third kappa shape index (κ3) is 3.30. The van der Waals surface area contributed by atoms with Crippen LogP contribution in [0.15, 0.2) is 53.9 Å². The van der Waals surface area contributed by atoms with E-state index in [1.54, 1.807) is 30.3 Å². The molecular formula is C16H10Cl2N2OS. The van der Waals surface area contributed by atoms with Gasteiger partial charge in [-0.3, -0.25) is 10.1 Å². The summed E-state index contributed by atoms with van der Waals surface area (Å²) >= 11 is 13.5. The summed E-state index contributed by atoms with van der Waals surface area (Å²) in [5, 5.41) is 6.27. The minimum atomic E-state index is -0.196. The first-order valence-electron chi connectivity index (χ1n) is 6.41. The van der Waals surface area contributed by atoms with E-state index in [1.807, 2.05) is 23.6 Å². The molecule has 3 nitrogen and oxygen atoms in total. The van der Waals surface area contributed by atoms with Crippen molar-refractivity contribution in [1.29, 1.82) is 0 Å². The van der Waals surface area contributed by atoms with Crippen molar-refractivity contribution < 1.29 is 4.79 Å². The molecule has 1 aromatic heterocycles. The number of hydrogen-bond donors (Lipinski definition) is 1. The Kier molecular flexibility index (Phi) is 4.43. The standard InChI is InChI=1S/C16H10Cl2N2OS/c17-11-6-7-13(18)12(8-11)14-9-22-16(19-14)20-15(21)10-4-2-1-3-5-10/h1-9H,(H,19,20,21). The van der Waals surface area contributed by atoms with Crippen LogP contribution in [-0.2, 0) is 0 Å². The van der Waals surface area contributed by atoms with Gasteiger partial charge in [-0.25, -0.2) is 4.98 Å². The molecule has 22 heavy (non-hydrogen) atoms. The molecule has 0 fully saturated rings. The number of rotatable bonds is 3. The number of benzene rings is 2. The molecule has 3 rings (SSSR count).